The number of alkyl halides is 3. The van der Waals surface area contributed by atoms with E-state index in [9.17, 15) is 26.4 Å². The predicted octanol–water partition coefficient (Wildman–Crippen LogP) is 2.05. The summed E-state index contributed by atoms with van der Waals surface area (Å²) < 4.78 is 68.3. The molecular formula is C20H30F3N5O3S. The number of hydrogen-bond acceptors (Lipinski definition) is 5. The Bertz CT molecular complexity index is 900. The first kappa shape index (κ1) is 24.7. The highest BCUT2D eigenvalue weighted by molar-refractivity contribution is 7.86. The van der Waals surface area contributed by atoms with Crippen LogP contribution in [0, 0.1) is 5.92 Å². The zero-order valence-electron chi connectivity index (χ0n) is 18.4. The van der Waals surface area contributed by atoms with E-state index in [1.807, 2.05) is 0 Å². The average molecular weight is 478 g/mol. The number of aromatic nitrogens is 1. The van der Waals surface area contributed by atoms with Gasteiger partial charge in [0.25, 0.3) is 10.2 Å². The highest BCUT2D eigenvalue weighted by Gasteiger charge is 2.39. The first-order valence-corrected chi connectivity index (χ1v) is 12.3. The third kappa shape index (κ3) is 5.18. The van der Waals surface area contributed by atoms with Crippen LogP contribution in [0.2, 0.25) is 0 Å². The first-order valence-electron chi connectivity index (χ1n) is 10.9. The topological polar surface area (TPSA) is 77.1 Å². The van der Waals surface area contributed by atoms with Crippen LogP contribution in [-0.2, 0) is 21.2 Å². The average Bonchev–Trinajstić information content (AvgIpc) is 2.79. The van der Waals surface area contributed by atoms with Crippen LogP contribution in [0.3, 0.4) is 0 Å². The van der Waals surface area contributed by atoms with E-state index in [1.165, 1.54) is 25.8 Å². The van der Waals surface area contributed by atoms with Gasteiger partial charge in [0.1, 0.15) is 5.82 Å². The van der Waals surface area contributed by atoms with E-state index >= 15 is 0 Å². The quantitative estimate of drug-likeness (QED) is 0.627. The molecule has 2 aliphatic rings. The first-order chi connectivity index (χ1) is 15.1. The number of rotatable bonds is 6. The van der Waals surface area contributed by atoms with Crippen molar-refractivity contribution in [1.82, 2.24) is 18.5 Å². The summed E-state index contributed by atoms with van der Waals surface area (Å²) in [5.41, 5.74) is -0.802. The van der Waals surface area contributed by atoms with Gasteiger partial charge in [-0.3, -0.25) is 4.79 Å². The highest BCUT2D eigenvalue weighted by Crippen LogP contribution is 2.36. The van der Waals surface area contributed by atoms with Crippen molar-refractivity contribution in [3.8, 4) is 0 Å². The van der Waals surface area contributed by atoms with E-state index in [4.69, 9.17) is 0 Å². The van der Waals surface area contributed by atoms with E-state index in [-0.39, 0.29) is 44.4 Å². The molecule has 0 aliphatic carbocycles. The molecule has 2 fully saturated rings. The molecule has 0 spiro atoms. The van der Waals surface area contributed by atoms with Crippen LogP contribution in [0.15, 0.2) is 18.3 Å². The smallest absolute Gasteiger partial charge is 0.355 e. The van der Waals surface area contributed by atoms with Crippen LogP contribution in [0.5, 0.6) is 0 Å². The van der Waals surface area contributed by atoms with Gasteiger partial charge in [0.15, 0.2) is 0 Å². The summed E-state index contributed by atoms with van der Waals surface area (Å²) in [5, 5.41) is 0. The van der Waals surface area contributed by atoms with Gasteiger partial charge in [-0.25, -0.2) is 4.98 Å². The maximum Gasteiger partial charge on any atom is 0.419 e. The molecule has 0 bridgehead atoms. The van der Waals surface area contributed by atoms with Gasteiger partial charge >= 0.3 is 6.18 Å². The molecule has 1 aromatic rings. The largest absolute Gasteiger partial charge is 0.419 e. The lowest BCUT2D eigenvalue weighted by Gasteiger charge is -2.40. The van der Waals surface area contributed by atoms with Crippen LogP contribution >= 0.6 is 0 Å². The molecule has 0 N–H and O–H groups in total. The van der Waals surface area contributed by atoms with Crippen molar-refractivity contribution in [2.45, 2.75) is 32.9 Å². The number of carbonyl (C=O) groups is 1. The molecule has 0 saturated carbocycles. The number of pyridine rings is 1. The fourth-order valence-corrected chi connectivity index (χ4v) is 5.96. The van der Waals surface area contributed by atoms with Gasteiger partial charge in [-0.05, 0) is 25.0 Å². The molecule has 0 aromatic carbocycles. The summed E-state index contributed by atoms with van der Waals surface area (Å²) in [6, 6.07) is 2.26. The van der Waals surface area contributed by atoms with E-state index in [2.05, 4.69) is 4.98 Å². The molecule has 0 radical (unpaired) electrons. The zero-order valence-corrected chi connectivity index (χ0v) is 19.2. The van der Waals surface area contributed by atoms with E-state index in [0.717, 1.165) is 6.07 Å². The zero-order chi connectivity index (χ0) is 23.5. The summed E-state index contributed by atoms with van der Waals surface area (Å²) in [6.45, 7) is 5.84. The Kier molecular flexibility index (Phi) is 7.66. The van der Waals surface area contributed by atoms with Crippen LogP contribution in [-0.4, -0.2) is 85.2 Å². The van der Waals surface area contributed by atoms with Crippen LogP contribution in [0.25, 0.3) is 0 Å². The van der Waals surface area contributed by atoms with Crippen molar-refractivity contribution in [3.63, 3.8) is 0 Å². The molecule has 1 amide bonds. The van der Waals surface area contributed by atoms with E-state index < -0.39 is 27.9 Å². The van der Waals surface area contributed by atoms with Gasteiger partial charge in [0.2, 0.25) is 5.91 Å². The summed E-state index contributed by atoms with van der Waals surface area (Å²) in [5.74, 6) is -0.732. The van der Waals surface area contributed by atoms with Crippen LogP contribution < -0.4 is 4.90 Å². The molecule has 1 unspecified atom stereocenters. The maximum absolute atomic E-state index is 13.4. The molecule has 3 rings (SSSR count). The minimum Gasteiger partial charge on any atom is -0.355 e. The lowest BCUT2D eigenvalue weighted by atomic mass is 9.95. The Morgan fingerprint density at radius 2 is 1.81 bits per heavy atom. The van der Waals surface area contributed by atoms with Crippen molar-refractivity contribution in [2.75, 3.05) is 57.3 Å². The summed E-state index contributed by atoms with van der Waals surface area (Å²) in [7, 11) is -3.56. The second-order valence-electron chi connectivity index (χ2n) is 7.97. The lowest BCUT2D eigenvalue weighted by molar-refractivity contribution is -0.137. The molecule has 180 valence electrons. The fraction of sp³-hybridized carbons (Fsp3) is 0.700. The summed E-state index contributed by atoms with van der Waals surface area (Å²) in [6.07, 6.45) is -2.03. The number of amides is 1. The van der Waals surface area contributed by atoms with Crippen molar-refractivity contribution in [1.29, 1.82) is 0 Å². The minimum atomic E-state index is -4.52. The second kappa shape index (κ2) is 9.92. The predicted molar refractivity (Wildman–Crippen MR) is 114 cm³/mol. The Labute approximate surface area is 187 Å². The Hall–Kier alpha value is -1.92. The molecule has 1 atom stereocenters. The second-order valence-corrected chi connectivity index (χ2v) is 9.90. The fourth-order valence-electron chi connectivity index (χ4n) is 4.35. The standard InChI is InChI=1S/C20H30F3N5O3S/c1-3-27(4-2)32(30,31)28-13-11-25(12-14-28)19(29)16-7-6-10-26(15-16)18-17(20(21,22)23)8-5-9-24-18/h5,8-9,16H,3-4,6-7,10-15H2,1-2H3. The van der Waals surface area contributed by atoms with Crippen molar-refractivity contribution in [3.05, 3.63) is 23.9 Å². The molecule has 3 heterocycles. The van der Waals surface area contributed by atoms with E-state index in [1.54, 1.807) is 18.7 Å². The molecule has 2 aliphatic heterocycles. The third-order valence-electron chi connectivity index (χ3n) is 6.07. The Morgan fingerprint density at radius 1 is 1.16 bits per heavy atom. The molecular weight excluding hydrogens is 447 g/mol. The Morgan fingerprint density at radius 3 is 2.41 bits per heavy atom. The normalized spacial score (nSPS) is 21.2. The van der Waals surface area contributed by atoms with Gasteiger partial charge in [0, 0.05) is 58.6 Å². The number of halogens is 3. The van der Waals surface area contributed by atoms with Gasteiger partial charge in [-0.15, -0.1) is 0 Å². The van der Waals surface area contributed by atoms with Gasteiger partial charge in [-0.2, -0.15) is 30.2 Å². The minimum absolute atomic E-state index is 0.140. The van der Waals surface area contributed by atoms with Gasteiger partial charge < -0.3 is 9.80 Å². The molecule has 1 aromatic heterocycles. The number of piperidine rings is 1. The molecule has 32 heavy (non-hydrogen) atoms. The molecule has 8 nitrogen and oxygen atoms in total. The highest BCUT2D eigenvalue weighted by atomic mass is 32.2. The summed E-state index contributed by atoms with van der Waals surface area (Å²) in [4.78, 5) is 20.2. The number of nitrogens with zero attached hydrogens (tertiary/aromatic N) is 5. The number of hydrogen-bond donors (Lipinski definition) is 0. The van der Waals surface area contributed by atoms with Gasteiger partial charge in [-0.1, -0.05) is 13.8 Å². The van der Waals surface area contributed by atoms with Gasteiger partial charge in [0.05, 0.1) is 11.5 Å². The van der Waals surface area contributed by atoms with E-state index in [0.29, 0.717) is 32.5 Å². The van der Waals surface area contributed by atoms with Crippen molar-refractivity contribution < 1.29 is 26.4 Å². The lowest BCUT2D eigenvalue weighted by Crippen LogP contribution is -2.56. The van der Waals surface area contributed by atoms with Crippen molar-refractivity contribution >= 4 is 21.9 Å². The van der Waals surface area contributed by atoms with Crippen LogP contribution in [0.1, 0.15) is 32.3 Å². The van der Waals surface area contributed by atoms with Crippen molar-refractivity contribution in [2.24, 2.45) is 5.92 Å². The maximum atomic E-state index is 13.4. The Balaban J connectivity index is 1.65. The molecule has 2 saturated heterocycles. The number of piperazine rings is 1. The third-order valence-corrected chi connectivity index (χ3v) is 8.26. The monoisotopic (exact) mass is 477 g/mol. The summed E-state index contributed by atoms with van der Waals surface area (Å²) >= 11 is 0. The van der Waals surface area contributed by atoms with Crippen LogP contribution in [0.4, 0.5) is 19.0 Å². The molecule has 12 heteroatoms. The number of carbonyl (C=O) groups excluding carboxylic acids is 1. The SMILES string of the molecule is CCN(CC)S(=O)(=O)N1CCN(C(=O)C2CCCN(c3ncccc3C(F)(F)F)C2)CC1. The number of anilines is 1.